The lowest BCUT2D eigenvalue weighted by atomic mass is 10.1. The van der Waals surface area contributed by atoms with Crippen LogP contribution >= 0.6 is 0 Å². The SMILES string of the molecule is CCCCOC(=O)C1CCN(C(=O)Cc2ccccc2)C1. The molecule has 114 valence electrons. The zero-order valence-corrected chi connectivity index (χ0v) is 12.6. The predicted molar refractivity (Wildman–Crippen MR) is 80.7 cm³/mol. The van der Waals surface area contributed by atoms with Crippen LogP contribution in [0.2, 0.25) is 0 Å². The molecule has 4 heteroatoms. The van der Waals surface area contributed by atoms with Gasteiger partial charge in [-0.3, -0.25) is 9.59 Å². The summed E-state index contributed by atoms with van der Waals surface area (Å²) in [4.78, 5) is 25.9. The van der Waals surface area contributed by atoms with Gasteiger partial charge >= 0.3 is 5.97 Å². The fourth-order valence-corrected chi connectivity index (χ4v) is 2.50. The highest BCUT2D eigenvalue weighted by atomic mass is 16.5. The van der Waals surface area contributed by atoms with E-state index in [1.165, 1.54) is 0 Å². The highest BCUT2D eigenvalue weighted by molar-refractivity contribution is 5.81. The fraction of sp³-hybridized carbons (Fsp3) is 0.529. The van der Waals surface area contributed by atoms with E-state index in [1.54, 1.807) is 4.90 Å². The molecule has 0 aliphatic carbocycles. The van der Waals surface area contributed by atoms with Crippen LogP contribution in [0.3, 0.4) is 0 Å². The van der Waals surface area contributed by atoms with Gasteiger partial charge in [-0.05, 0) is 18.4 Å². The predicted octanol–water partition coefficient (Wildman–Crippen LogP) is 2.42. The molecule has 1 heterocycles. The second-order valence-electron chi connectivity index (χ2n) is 5.51. The molecular weight excluding hydrogens is 266 g/mol. The molecule has 2 rings (SSSR count). The van der Waals surface area contributed by atoms with Crippen LogP contribution in [0.1, 0.15) is 31.7 Å². The summed E-state index contributed by atoms with van der Waals surface area (Å²) in [6, 6.07) is 9.70. The Kier molecular flexibility index (Phi) is 5.78. The molecule has 0 spiro atoms. The quantitative estimate of drug-likeness (QED) is 0.597. The maximum atomic E-state index is 12.2. The van der Waals surface area contributed by atoms with E-state index in [0.29, 0.717) is 32.5 Å². The van der Waals surface area contributed by atoms with E-state index < -0.39 is 0 Å². The highest BCUT2D eigenvalue weighted by Crippen LogP contribution is 2.19. The maximum Gasteiger partial charge on any atom is 0.310 e. The van der Waals surface area contributed by atoms with E-state index in [9.17, 15) is 9.59 Å². The van der Waals surface area contributed by atoms with Gasteiger partial charge in [0.2, 0.25) is 5.91 Å². The normalized spacial score (nSPS) is 17.8. The number of unbranched alkanes of at least 4 members (excludes halogenated alkanes) is 1. The average molecular weight is 289 g/mol. The monoisotopic (exact) mass is 289 g/mol. The molecule has 1 amide bonds. The Morgan fingerprint density at radius 3 is 2.76 bits per heavy atom. The van der Waals surface area contributed by atoms with Gasteiger partial charge in [0.1, 0.15) is 0 Å². The van der Waals surface area contributed by atoms with Crippen molar-refractivity contribution in [2.45, 2.75) is 32.6 Å². The molecule has 0 N–H and O–H groups in total. The molecule has 0 saturated carbocycles. The van der Waals surface area contributed by atoms with Crippen LogP contribution in [0, 0.1) is 5.92 Å². The lowest BCUT2D eigenvalue weighted by Gasteiger charge is -2.16. The molecule has 1 unspecified atom stereocenters. The van der Waals surface area contributed by atoms with Crippen molar-refractivity contribution in [2.75, 3.05) is 19.7 Å². The summed E-state index contributed by atoms with van der Waals surface area (Å²) in [5.41, 5.74) is 1.01. The van der Waals surface area contributed by atoms with Crippen LogP contribution in [0.15, 0.2) is 30.3 Å². The second kappa shape index (κ2) is 7.81. The standard InChI is InChI=1S/C17H23NO3/c1-2-3-11-21-17(20)15-9-10-18(13-15)16(19)12-14-7-5-4-6-8-14/h4-8,15H,2-3,9-13H2,1H3. The van der Waals surface area contributed by atoms with Gasteiger partial charge in [0.25, 0.3) is 0 Å². The fourth-order valence-electron chi connectivity index (χ4n) is 2.50. The summed E-state index contributed by atoms with van der Waals surface area (Å²) in [6.07, 6.45) is 3.03. The van der Waals surface area contributed by atoms with Gasteiger partial charge in [0, 0.05) is 13.1 Å². The number of hydrogen-bond donors (Lipinski definition) is 0. The highest BCUT2D eigenvalue weighted by Gasteiger charge is 2.31. The number of ether oxygens (including phenoxy) is 1. The van der Waals surface area contributed by atoms with E-state index >= 15 is 0 Å². The molecule has 1 aromatic rings. The smallest absolute Gasteiger partial charge is 0.310 e. The Morgan fingerprint density at radius 2 is 2.05 bits per heavy atom. The van der Waals surface area contributed by atoms with Gasteiger partial charge in [-0.25, -0.2) is 0 Å². The van der Waals surface area contributed by atoms with Gasteiger partial charge in [-0.1, -0.05) is 43.7 Å². The van der Waals surface area contributed by atoms with Crippen molar-refractivity contribution in [3.8, 4) is 0 Å². The van der Waals surface area contributed by atoms with Crippen LogP contribution in [0.4, 0.5) is 0 Å². The first-order valence-corrected chi connectivity index (χ1v) is 7.69. The number of rotatable bonds is 6. The molecule has 1 aromatic carbocycles. The number of esters is 1. The number of likely N-dealkylation sites (tertiary alicyclic amines) is 1. The Hall–Kier alpha value is -1.84. The molecule has 1 aliphatic heterocycles. The third-order valence-corrected chi connectivity index (χ3v) is 3.81. The third-order valence-electron chi connectivity index (χ3n) is 3.81. The lowest BCUT2D eigenvalue weighted by molar-refractivity contribution is -0.148. The molecule has 1 saturated heterocycles. The Labute approximate surface area is 126 Å². The van der Waals surface area contributed by atoms with E-state index in [4.69, 9.17) is 4.74 Å². The number of hydrogen-bond acceptors (Lipinski definition) is 3. The van der Waals surface area contributed by atoms with Crippen molar-refractivity contribution in [1.29, 1.82) is 0 Å². The van der Waals surface area contributed by atoms with Crippen molar-refractivity contribution < 1.29 is 14.3 Å². The third kappa shape index (κ3) is 4.59. The molecule has 1 aliphatic rings. The summed E-state index contributed by atoms with van der Waals surface area (Å²) in [5, 5.41) is 0. The molecule has 21 heavy (non-hydrogen) atoms. The molecule has 0 bridgehead atoms. The molecule has 4 nitrogen and oxygen atoms in total. The summed E-state index contributed by atoms with van der Waals surface area (Å²) in [7, 11) is 0. The van der Waals surface area contributed by atoms with Gasteiger partial charge in [0.05, 0.1) is 18.9 Å². The van der Waals surface area contributed by atoms with Crippen LogP contribution in [0.25, 0.3) is 0 Å². The zero-order chi connectivity index (χ0) is 15.1. The minimum absolute atomic E-state index is 0.0880. The van der Waals surface area contributed by atoms with E-state index in [0.717, 1.165) is 18.4 Å². The Bertz CT molecular complexity index is 472. The van der Waals surface area contributed by atoms with Gasteiger partial charge in [-0.15, -0.1) is 0 Å². The van der Waals surface area contributed by atoms with Crippen molar-refractivity contribution in [3.05, 3.63) is 35.9 Å². The van der Waals surface area contributed by atoms with E-state index in [1.807, 2.05) is 30.3 Å². The molecule has 1 fully saturated rings. The average Bonchev–Trinajstić information content (AvgIpc) is 2.98. The minimum Gasteiger partial charge on any atom is -0.465 e. The number of benzene rings is 1. The van der Waals surface area contributed by atoms with Crippen molar-refractivity contribution in [2.24, 2.45) is 5.92 Å². The first-order chi connectivity index (χ1) is 10.2. The Balaban J connectivity index is 1.79. The van der Waals surface area contributed by atoms with E-state index in [2.05, 4.69) is 6.92 Å². The van der Waals surface area contributed by atoms with E-state index in [-0.39, 0.29) is 17.8 Å². The first-order valence-electron chi connectivity index (χ1n) is 7.69. The minimum atomic E-state index is -0.154. The van der Waals surface area contributed by atoms with Crippen LogP contribution < -0.4 is 0 Å². The zero-order valence-electron chi connectivity index (χ0n) is 12.6. The van der Waals surface area contributed by atoms with Gasteiger partial charge in [0.15, 0.2) is 0 Å². The maximum absolute atomic E-state index is 12.2. The molecule has 0 radical (unpaired) electrons. The van der Waals surface area contributed by atoms with Crippen LogP contribution in [-0.2, 0) is 20.7 Å². The van der Waals surface area contributed by atoms with Crippen molar-refractivity contribution >= 4 is 11.9 Å². The molecular formula is C17H23NO3. The van der Waals surface area contributed by atoms with Gasteiger partial charge in [-0.2, -0.15) is 0 Å². The summed E-state index contributed by atoms with van der Waals surface area (Å²) >= 11 is 0. The molecule has 1 atom stereocenters. The first kappa shape index (κ1) is 15.5. The second-order valence-corrected chi connectivity index (χ2v) is 5.51. The number of nitrogens with zero attached hydrogens (tertiary/aromatic N) is 1. The summed E-state index contributed by atoms with van der Waals surface area (Å²) < 4.78 is 5.24. The molecule has 0 aromatic heterocycles. The summed E-state index contributed by atoms with van der Waals surface area (Å²) in [6.45, 7) is 3.70. The number of carbonyl (C=O) groups excluding carboxylic acids is 2. The van der Waals surface area contributed by atoms with Crippen molar-refractivity contribution in [1.82, 2.24) is 4.90 Å². The van der Waals surface area contributed by atoms with Crippen LogP contribution in [0.5, 0.6) is 0 Å². The lowest BCUT2D eigenvalue weighted by Crippen LogP contribution is -2.31. The van der Waals surface area contributed by atoms with Gasteiger partial charge < -0.3 is 9.64 Å². The number of amides is 1. The topological polar surface area (TPSA) is 46.6 Å². The number of carbonyl (C=O) groups is 2. The summed E-state index contributed by atoms with van der Waals surface area (Å²) in [5.74, 6) is -0.218. The largest absolute Gasteiger partial charge is 0.465 e. The van der Waals surface area contributed by atoms with Crippen LogP contribution in [-0.4, -0.2) is 36.5 Å². The Morgan fingerprint density at radius 1 is 1.29 bits per heavy atom. The van der Waals surface area contributed by atoms with Crippen molar-refractivity contribution in [3.63, 3.8) is 0 Å².